The minimum Gasteiger partial charge on any atom is -0.497 e. The van der Waals surface area contributed by atoms with Gasteiger partial charge in [-0.2, -0.15) is 0 Å². The summed E-state index contributed by atoms with van der Waals surface area (Å²) in [5.74, 6) is 1.69. The summed E-state index contributed by atoms with van der Waals surface area (Å²) >= 11 is 0. The van der Waals surface area contributed by atoms with Crippen LogP contribution in [0.3, 0.4) is 0 Å². The number of piperazine rings is 1. The van der Waals surface area contributed by atoms with Crippen LogP contribution in [-0.4, -0.2) is 65.1 Å². The van der Waals surface area contributed by atoms with Crippen molar-refractivity contribution in [2.45, 2.75) is 31.4 Å². The first-order chi connectivity index (χ1) is 16.2. The highest BCUT2D eigenvalue weighted by Crippen LogP contribution is 2.40. The molecule has 0 saturated carbocycles. The van der Waals surface area contributed by atoms with Crippen molar-refractivity contribution in [3.63, 3.8) is 0 Å². The highest BCUT2D eigenvalue weighted by Gasteiger charge is 2.42. The Bertz CT molecular complexity index is 991. The molecule has 0 bridgehead atoms. The molecule has 2 saturated heterocycles. The average Bonchev–Trinajstić information content (AvgIpc) is 3.40. The van der Waals surface area contributed by atoms with Gasteiger partial charge in [-0.15, -0.1) is 0 Å². The third-order valence-electron chi connectivity index (χ3n) is 7.22. The maximum Gasteiger partial charge on any atom is 0.225 e. The lowest BCUT2D eigenvalue weighted by Crippen LogP contribution is -2.61. The van der Waals surface area contributed by atoms with Crippen molar-refractivity contribution in [3.8, 4) is 11.5 Å². The summed E-state index contributed by atoms with van der Waals surface area (Å²) in [6.07, 6.45) is 2.95. The van der Waals surface area contributed by atoms with Crippen LogP contribution < -0.4 is 24.6 Å². The van der Waals surface area contributed by atoms with Crippen LogP contribution in [0.5, 0.6) is 11.5 Å². The molecule has 0 unspecified atom stereocenters. The highest BCUT2D eigenvalue weighted by atomic mass is 16.5. The molecule has 7 heteroatoms. The second kappa shape index (κ2) is 9.51. The molecule has 33 heavy (non-hydrogen) atoms. The maximum atomic E-state index is 13.4. The third-order valence-corrected chi connectivity index (χ3v) is 7.22. The topological polar surface area (TPSA) is 63.3 Å². The molecule has 0 aromatic heterocycles. The van der Waals surface area contributed by atoms with Crippen molar-refractivity contribution in [1.29, 1.82) is 0 Å². The summed E-state index contributed by atoms with van der Waals surface area (Å²) in [5.41, 5.74) is 3.46. The van der Waals surface area contributed by atoms with Gasteiger partial charge in [-0.3, -0.25) is 4.79 Å². The van der Waals surface area contributed by atoms with Crippen LogP contribution in [0.25, 0.3) is 0 Å². The molecule has 1 amide bonds. The minimum atomic E-state index is -0.134. The Hall–Kier alpha value is -2.93. The Kier molecular flexibility index (Phi) is 6.31. The van der Waals surface area contributed by atoms with E-state index in [0.29, 0.717) is 6.54 Å². The monoisotopic (exact) mass is 451 g/mol. The largest absolute Gasteiger partial charge is 0.497 e. The van der Waals surface area contributed by atoms with E-state index in [1.807, 2.05) is 24.3 Å². The van der Waals surface area contributed by atoms with Gasteiger partial charge in [0.1, 0.15) is 11.5 Å². The van der Waals surface area contributed by atoms with Crippen LogP contribution in [0, 0.1) is 5.92 Å². The van der Waals surface area contributed by atoms with Crippen molar-refractivity contribution in [2.24, 2.45) is 5.92 Å². The summed E-state index contributed by atoms with van der Waals surface area (Å²) in [6.45, 7) is 3.84. The molecule has 2 fully saturated rings. The van der Waals surface area contributed by atoms with Crippen LogP contribution >= 0.6 is 0 Å². The molecule has 3 aliphatic rings. The molecule has 7 nitrogen and oxygen atoms in total. The molecule has 0 aliphatic carbocycles. The Morgan fingerprint density at radius 3 is 2.79 bits per heavy atom. The number of carbonyl (C=O) groups excluding carboxylic acids is 1. The first-order valence-electron chi connectivity index (χ1n) is 11.9. The van der Waals surface area contributed by atoms with Gasteiger partial charge in [-0.05, 0) is 43.0 Å². The molecule has 0 spiro atoms. The summed E-state index contributed by atoms with van der Waals surface area (Å²) in [7, 11) is 3.41. The number of carbonyl (C=O) groups is 1. The summed E-state index contributed by atoms with van der Waals surface area (Å²) in [6, 6.07) is 14.4. The standard InChI is InChI=1S/C26H33N3O4/c1-31-19-10-9-18-14-21(26(30)27-16-20-6-5-13-33-20)24-17-28(11-12-29(24)23(18)15-19)22-7-3-4-8-25(22)32-2/h3-4,7-10,15,20-21,24H,5-6,11-14,16-17H2,1-2H3,(H,27,30)/t20-,21-,24+/m0/s1. The fourth-order valence-electron chi connectivity index (χ4n) is 5.47. The second-order valence-corrected chi connectivity index (χ2v) is 9.06. The number of benzene rings is 2. The molecule has 3 heterocycles. The van der Waals surface area contributed by atoms with Gasteiger partial charge in [0.15, 0.2) is 0 Å². The van der Waals surface area contributed by atoms with Crippen molar-refractivity contribution in [3.05, 3.63) is 48.0 Å². The number of nitrogens with one attached hydrogen (secondary N) is 1. The van der Waals surface area contributed by atoms with E-state index in [2.05, 4.69) is 33.3 Å². The zero-order chi connectivity index (χ0) is 22.8. The number of hydrogen-bond acceptors (Lipinski definition) is 6. The van der Waals surface area contributed by atoms with Crippen molar-refractivity contribution < 1.29 is 19.0 Å². The smallest absolute Gasteiger partial charge is 0.225 e. The molecule has 3 aliphatic heterocycles. The van der Waals surface area contributed by atoms with Gasteiger partial charge < -0.3 is 29.3 Å². The van der Waals surface area contributed by atoms with E-state index < -0.39 is 0 Å². The number of rotatable bonds is 6. The second-order valence-electron chi connectivity index (χ2n) is 9.06. The van der Waals surface area contributed by atoms with Gasteiger partial charge in [0.25, 0.3) is 0 Å². The van der Waals surface area contributed by atoms with Crippen LogP contribution in [0.2, 0.25) is 0 Å². The lowest BCUT2D eigenvalue weighted by molar-refractivity contribution is -0.126. The number of ether oxygens (including phenoxy) is 3. The zero-order valence-corrected chi connectivity index (χ0v) is 19.5. The summed E-state index contributed by atoms with van der Waals surface area (Å²) < 4.78 is 16.8. The Labute approximate surface area is 195 Å². The Balaban J connectivity index is 1.42. The van der Waals surface area contributed by atoms with Crippen molar-refractivity contribution >= 4 is 17.3 Å². The molecule has 2 aromatic carbocycles. The lowest BCUT2D eigenvalue weighted by atomic mass is 9.83. The average molecular weight is 452 g/mol. The molecule has 2 aromatic rings. The summed E-state index contributed by atoms with van der Waals surface area (Å²) in [5, 5.41) is 3.20. The van der Waals surface area contributed by atoms with Crippen molar-refractivity contribution in [1.82, 2.24) is 5.32 Å². The van der Waals surface area contributed by atoms with E-state index in [0.717, 1.165) is 62.7 Å². The quantitative estimate of drug-likeness (QED) is 0.729. The van der Waals surface area contributed by atoms with E-state index in [-0.39, 0.29) is 24.0 Å². The van der Waals surface area contributed by atoms with Crippen LogP contribution in [0.4, 0.5) is 11.4 Å². The third kappa shape index (κ3) is 4.34. The number of methoxy groups -OCH3 is 2. The minimum absolute atomic E-state index is 0.0627. The van der Waals surface area contributed by atoms with Gasteiger partial charge in [0.05, 0.1) is 38.0 Å². The predicted molar refractivity (Wildman–Crippen MR) is 129 cm³/mol. The van der Waals surface area contributed by atoms with E-state index in [1.165, 1.54) is 11.3 Å². The van der Waals surface area contributed by atoms with Gasteiger partial charge in [-0.25, -0.2) is 0 Å². The normalized spacial score (nSPS) is 24.1. The predicted octanol–water partition coefficient (Wildman–Crippen LogP) is 2.87. The Morgan fingerprint density at radius 1 is 1.12 bits per heavy atom. The zero-order valence-electron chi connectivity index (χ0n) is 19.5. The molecular formula is C26H33N3O4. The van der Waals surface area contributed by atoms with E-state index in [4.69, 9.17) is 14.2 Å². The SMILES string of the molecule is COc1ccc2c(c1)N1CCN(c3ccccc3OC)C[C@@H]1[C@@H](C(=O)NC[C@@H]1CCCO1)C2. The number of anilines is 2. The van der Waals surface area contributed by atoms with Gasteiger partial charge in [0, 0.05) is 44.5 Å². The van der Waals surface area contributed by atoms with Crippen LogP contribution in [0.15, 0.2) is 42.5 Å². The summed E-state index contributed by atoms with van der Waals surface area (Å²) in [4.78, 5) is 18.2. The van der Waals surface area contributed by atoms with E-state index in [1.54, 1.807) is 14.2 Å². The maximum absolute atomic E-state index is 13.4. The molecule has 5 rings (SSSR count). The van der Waals surface area contributed by atoms with Crippen LogP contribution in [-0.2, 0) is 16.0 Å². The molecule has 3 atom stereocenters. The fraction of sp³-hybridized carbons (Fsp3) is 0.500. The van der Waals surface area contributed by atoms with Gasteiger partial charge in [-0.1, -0.05) is 18.2 Å². The number of hydrogen-bond donors (Lipinski definition) is 1. The van der Waals surface area contributed by atoms with Crippen LogP contribution in [0.1, 0.15) is 18.4 Å². The van der Waals surface area contributed by atoms with Gasteiger partial charge >= 0.3 is 0 Å². The first kappa shape index (κ1) is 21.9. The molecule has 0 radical (unpaired) electrons. The van der Waals surface area contributed by atoms with E-state index >= 15 is 0 Å². The number of para-hydroxylation sites is 2. The number of amides is 1. The molecule has 176 valence electrons. The van der Waals surface area contributed by atoms with E-state index in [9.17, 15) is 4.79 Å². The molecular weight excluding hydrogens is 418 g/mol. The van der Waals surface area contributed by atoms with Crippen molar-refractivity contribution in [2.75, 3.05) is 56.8 Å². The fourth-order valence-corrected chi connectivity index (χ4v) is 5.47. The Morgan fingerprint density at radius 2 is 2.00 bits per heavy atom. The molecule has 1 N–H and O–H groups in total. The van der Waals surface area contributed by atoms with Gasteiger partial charge in [0.2, 0.25) is 5.91 Å². The number of nitrogens with zero attached hydrogens (tertiary/aromatic N) is 2. The first-order valence-corrected chi connectivity index (χ1v) is 11.9. The number of fused-ring (bicyclic) bond motifs is 3. The lowest BCUT2D eigenvalue weighted by Gasteiger charge is -2.49. The highest BCUT2D eigenvalue weighted by molar-refractivity contribution is 5.82.